The number of nitrogens with one attached hydrogen (secondary N) is 2. The van der Waals surface area contributed by atoms with E-state index in [9.17, 15) is 4.39 Å². The number of anilines is 2. The molecule has 1 heterocycles. The fourth-order valence-corrected chi connectivity index (χ4v) is 1.52. The number of hydrazine groups is 2. The Morgan fingerprint density at radius 1 is 1.50 bits per heavy atom. The molecule has 2 N–H and O–H groups in total. The zero-order valence-corrected chi connectivity index (χ0v) is 8.34. The quantitative estimate of drug-likeness (QED) is 0.758. The number of hydrogen-bond donors (Lipinski definition) is 2. The number of nitrogens with zero attached hydrogens (tertiary/aromatic N) is 1. The van der Waals surface area contributed by atoms with Crippen LogP contribution in [-0.2, 0) is 0 Å². The van der Waals surface area contributed by atoms with Gasteiger partial charge >= 0.3 is 0 Å². The number of halogens is 1. The highest BCUT2D eigenvalue weighted by Crippen LogP contribution is 2.31. The second-order valence-electron chi connectivity index (χ2n) is 3.53. The van der Waals surface area contributed by atoms with Gasteiger partial charge in [0.05, 0.1) is 11.4 Å². The minimum atomic E-state index is -0.206. The molecule has 2 rings (SSSR count). The van der Waals surface area contributed by atoms with Crippen LogP contribution in [0.2, 0.25) is 0 Å². The molecule has 1 atom stereocenters. The lowest BCUT2D eigenvalue weighted by molar-refractivity contribution is 0.575. The van der Waals surface area contributed by atoms with Crippen molar-refractivity contribution in [3.8, 4) is 0 Å². The highest BCUT2D eigenvalue weighted by atomic mass is 19.1. The topological polar surface area (TPSA) is 27.3 Å². The molecule has 3 nitrogen and oxygen atoms in total. The van der Waals surface area contributed by atoms with Crippen LogP contribution >= 0.6 is 0 Å². The Kier molecular flexibility index (Phi) is 2.29. The summed E-state index contributed by atoms with van der Waals surface area (Å²) in [4.78, 5) is 0. The van der Waals surface area contributed by atoms with Gasteiger partial charge in [0.25, 0.3) is 0 Å². The maximum Gasteiger partial charge on any atom is 0.125 e. The fourth-order valence-electron chi connectivity index (χ4n) is 1.52. The molecule has 1 aliphatic heterocycles. The Bertz CT molecular complexity index is 340. The number of rotatable bonds is 2. The van der Waals surface area contributed by atoms with Gasteiger partial charge in [-0.25, -0.2) is 4.39 Å². The molecule has 76 valence electrons. The molecule has 0 spiro atoms. The monoisotopic (exact) mass is 195 g/mol. The number of fused-ring (bicyclic) bond motifs is 1. The standard InChI is InChI=1S/C10H14FN3/c1-3-7(2)14-10-6-8(11)4-5-9(10)12-13-14/h4-7,12-13H,3H2,1-2H3. The van der Waals surface area contributed by atoms with Gasteiger partial charge in [0.1, 0.15) is 5.82 Å². The van der Waals surface area contributed by atoms with Crippen molar-refractivity contribution < 1.29 is 4.39 Å². The molecule has 0 saturated carbocycles. The first-order chi connectivity index (χ1) is 6.72. The second kappa shape index (κ2) is 3.46. The Morgan fingerprint density at radius 3 is 3.00 bits per heavy atom. The van der Waals surface area contributed by atoms with Gasteiger partial charge in [-0.3, -0.25) is 5.01 Å². The van der Waals surface area contributed by atoms with Crippen LogP contribution in [0, 0.1) is 5.82 Å². The first-order valence-electron chi connectivity index (χ1n) is 4.83. The summed E-state index contributed by atoms with van der Waals surface area (Å²) in [5.41, 5.74) is 7.82. The third kappa shape index (κ3) is 1.42. The lowest BCUT2D eigenvalue weighted by Crippen LogP contribution is -2.42. The maximum absolute atomic E-state index is 13.0. The van der Waals surface area contributed by atoms with Gasteiger partial charge in [-0.15, -0.1) is 5.53 Å². The number of benzene rings is 1. The molecule has 1 aliphatic rings. The molecule has 0 saturated heterocycles. The van der Waals surface area contributed by atoms with Crippen LogP contribution in [0.15, 0.2) is 18.2 Å². The molecule has 1 aromatic rings. The van der Waals surface area contributed by atoms with Crippen LogP contribution in [0.4, 0.5) is 15.8 Å². The van der Waals surface area contributed by atoms with E-state index < -0.39 is 0 Å². The summed E-state index contributed by atoms with van der Waals surface area (Å²) in [6.45, 7) is 4.19. The van der Waals surface area contributed by atoms with Crippen LogP contribution in [0.25, 0.3) is 0 Å². The molecule has 4 heteroatoms. The van der Waals surface area contributed by atoms with E-state index in [1.807, 2.05) is 5.01 Å². The van der Waals surface area contributed by atoms with E-state index in [2.05, 4.69) is 24.8 Å². The second-order valence-corrected chi connectivity index (χ2v) is 3.53. The smallest absolute Gasteiger partial charge is 0.125 e. The largest absolute Gasteiger partial charge is 0.302 e. The van der Waals surface area contributed by atoms with Gasteiger partial charge in [-0.1, -0.05) is 6.92 Å². The molecule has 1 unspecified atom stereocenters. The summed E-state index contributed by atoms with van der Waals surface area (Å²) in [6.07, 6.45) is 1.00. The Labute approximate surface area is 82.9 Å². The van der Waals surface area contributed by atoms with Gasteiger partial charge in [0.2, 0.25) is 0 Å². The summed E-state index contributed by atoms with van der Waals surface area (Å²) >= 11 is 0. The van der Waals surface area contributed by atoms with Gasteiger partial charge in [-0.2, -0.15) is 0 Å². The molecule has 0 bridgehead atoms. The SMILES string of the molecule is CCC(C)N1NNc2ccc(F)cc21. The summed E-state index contributed by atoms with van der Waals surface area (Å²) in [6, 6.07) is 5.06. The van der Waals surface area contributed by atoms with Crippen molar-refractivity contribution in [2.45, 2.75) is 26.3 Å². The summed E-state index contributed by atoms with van der Waals surface area (Å²) in [7, 11) is 0. The van der Waals surface area contributed by atoms with Crippen molar-refractivity contribution in [2.24, 2.45) is 0 Å². The summed E-state index contributed by atoms with van der Waals surface area (Å²) in [5.74, 6) is -0.206. The number of hydrogen-bond acceptors (Lipinski definition) is 3. The predicted molar refractivity (Wildman–Crippen MR) is 55.4 cm³/mol. The van der Waals surface area contributed by atoms with Gasteiger partial charge in [-0.05, 0) is 25.5 Å². The molecule has 1 aromatic carbocycles. The van der Waals surface area contributed by atoms with Crippen molar-refractivity contribution in [1.82, 2.24) is 5.53 Å². The molecule has 0 aromatic heterocycles. The van der Waals surface area contributed by atoms with Crippen LogP contribution in [0.5, 0.6) is 0 Å². The van der Waals surface area contributed by atoms with Gasteiger partial charge in [0.15, 0.2) is 0 Å². The van der Waals surface area contributed by atoms with Gasteiger partial charge in [0, 0.05) is 12.1 Å². The van der Waals surface area contributed by atoms with Crippen LogP contribution in [0.3, 0.4) is 0 Å². The first kappa shape index (κ1) is 9.27. The minimum absolute atomic E-state index is 0.206. The molecule has 14 heavy (non-hydrogen) atoms. The van der Waals surface area contributed by atoms with Crippen molar-refractivity contribution in [3.63, 3.8) is 0 Å². The zero-order chi connectivity index (χ0) is 10.1. The summed E-state index contributed by atoms with van der Waals surface area (Å²) in [5, 5.41) is 1.94. The van der Waals surface area contributed by atoms with Crippen molar-refractivity contribution in [1.29, 1.82) is 0 Å². The highest BCUT2D eigenvalue weighted by molar-refractivity contribution is 5.73. The maximum atomic E-state index is 13.0. The van der Waals surface area contributed by atoms with Crippen molar-refractivity contribution in [3.05, 3.63) is 24.0 Å². The van der Waals surface area contributed by atoms with E-state index in [0.717, 1.165) is 17.8 Å². The van der Waals surface area contributed by atoms with E-state index >= 15 is 0 Å². The molecule has 0 fully saturated rings. The lowest BCUT2D eigenvalue weighted by atomic mass is 10.2. The van der Waals surface area contributed by atoms with E-state index in [0.29, 0.717) is 6.04 Å². The van der Waals surface area contributed by atoms with E-state index in [1.165, 1.54) is 12.1 Å². The summed E-state index contributed by atoms with van der Waals surface area (Å²) < 4.78 is 13.0. The molecule has 0 amide bonds. The first-order valence-corrected chi connectivity index (χ1v) is 4.83. The lowest BCUT2D eigenvalue weighted by Gasteiger charge is -2.24. The minimum Gasteiger partial charge on any atom is -0.302 e. The average molecular weight is 195 g/mol. The molecule has 0 aliphatic carbocycles. The normalized spacial score (nSPS) is 16.4. The average Bonchev–Trinajstić information content (AvgIpc) is 2.59. The third-order valence-corrected chi connectivity index (χ3v) is 2.56. The Hall–Kier alpha value is -1.29. The highest BCUT2D eigenvalue weighted by Gasteiger charge is 2.22. The zero-order valence-electron chi connectivity index (χ0n) is 8.34. The van der Waals surface area contributed by atoms with Crippen LogP contribution in [-0.4, -0.2) is 6.04 Å². The third-order valence-electron chi connectivity index (χ3n) is 2.56. The van der Waals surface area contributed by atoms with Crippen molar-refractivity contribution >= 4 is 11.4 Å². The Morgan fingerprint density at radius 2 is 2.29 bits per heavy atom. The van der Waals surface area contributed by atoms with E-state index in [4.69, 9.17) is 0 Å². The van der Waals surface area contributed by atoms with Crippen LogP contribution in [0.1, 0.15) is 20.3 Å². The van der Waals surface area contributed by atoms with Crippen molar-refractivity contribution in [2.75, 3.05) is 10.4 Å². The van der Waals surface area contributed by atoms with E-state index in [1.54, 1.807) is 6.07 Å². The molecule has 0 radical (unpaired) electrons. The van der Waals surface area contributed by atoms with Crippen LogP contribution < -0.4 is 16.0 Å². The molecular weight excluding hydrogens is 181 g/mol. The fraction of sp³-hybridized carbons (Fsp3) is 0.400. The predicted octanol–water partition coefficient (Wildman–Crippen LogP) is 2.28. The Balaban J connectivity index is 2.33. The molecular formula is C10H14FN3. The van der Waals surface area contributed by atoms with Gasteiger partial charge < -0.3 is 5.43 Å². The van der Waals surface area contributed by atoms with E-state index in [-0.39, 0.29) is 5.82 Å².